The molecular weight excluding hydrogens is 86.1 g/mol. The first-order valence-corrected chi connectivity index (χ1v) is 2.90. The summed E-state index contributed by atoms with van der Waals surface area (Å²) in [7, 11) is 0. The van der Waals surface area contributed by atoms with Gasteiger partial charge in [-0.15, -0.1) is 0 Å². The minimum absolute atomic E-state index is 0.324. The predicted molar refractivity (Wildman–Crippen MR) is 32.9 cm³/mol. The zero-order chi connectivity index (χ0) is 5.70. The SMILES string of the molecule is CC[CH]C(N)CC. The topological polar surface area (TPSA) is 26.0 Å². The van der Waals surface area contributed by atoms with Crippen molar-refractivity contribution in [3.63, 3.8) is 0 Å². The molecule has 0 aromatic carbocycles. The molecule has 1 unspecified atom stereocenters. The van der Waals surface area contributed by atoms with Crippen LogP contribution in [0, 0.1) is 6.42 Å². The molecule has 0 aliphatic carbocycles. The van der Waals surface area contributed by atoms with E-state index in [0.717, 1.165) is 12.8 Å². The summed E-state index contributed by atoms with van der Waals surface area (Å²) >= 11 is 0. The molecule has 1 heteroatoms. The maximum Gasteiger partial charge on any atom is 0.00676 e. The summed E-state index contributed by atoms with van der Waals surface area (Å²) in [5.41, 5.74) is 5.53. The first-order chi connectivity index (χ1) is 3.31. The quantitative estimate of drug-likeness (QED) is 0.569. The lowest BCUT2D eigenvalue weighted by Gasteiger charge is -2.02. The molecule has 0 amide bonds. The summed E-state index contributed by atoms with van der Waals surface area (Å²) in [4.78, 5) is 0. The van der Waals surface area contributed by atoms with Crippen LogP contribution in [-0.2, 0) is 0 Å². The summed E-state index contributed by atoms with van der Waals surface area (Å²) in [6.45, 7) is 4.20. The van der Waals surface area contributed by atoms with Crippen LogP contribution >= 0.6 is 0 Å². The van der Waals surface area contributed by atoms with Gasteiger partial charge in [0.2, 0.25) is 0 Å². The molecule has 0 saturated heterocycles. The molecule has 0 aliphatic heterocycles. The maximum absolute atomic E-state index is 5.53. The molecule has 0 aliphatic rings. The predicted octanol–water partition coefficient (Wildman–Crippen LogP) is 1.34. The van der Waals surface area contributed by atoms with Gasteiger partial charge in [-0.1, -0.05) is 20.3 Å². The van der Waals surface area contributed by atoms with Crippen molar-refractivity contribution in [3.05, 3.63) is 6.42 Å². The van der Waals surface area contributed by atoms with Crippen molar-refractivity contribution < 1.29 is 0 Å². The second kappa shape index (κ2) is 4.13. The Bertz CT molecular complexity index is 35.2. The van der Waals surface area contributed by atoms with Gasteiger partial charge in [0.05, 0.1) is 0 Å². The van der Waals surface area contributed by atoms with Crippen molar-refractivity contribution in [1.29, 1.82) is 0 Å². The highest BCUT2D eigenvalue weighted by atomic mass is 14.6. The van der Waals surface area contributed by atoms with Crippen LogP contribution in [0.15, 0.2) is 0 Å². The zero-order valence-electron chi connectivity index (χ0n) is 5.15. The van der Waals surface area contributed by atoms with E-state index < -0.39 is 0 Å². The standard InChI is InChI=1S/C6H14N/c1-3-5-6(7)4-2/h5-6H,3-4,7H2,1-2H3. The van der Waals surface area contributed by atoms with Gasteiger partial charge in [0.25, 0.3) is 0 Å². The minimum Gasteiger partial charge on any atom is -0.327 e. The number of hydrogen-bond donors (Lipinski definition) is 1. The molecule has 7 heavy (non-hydrogen) atoms. The highest BCUT2D eigenvalue weighted by Gasteiger charge is 1.93. The molecule has 0 rings (SSSR count). The highest BCUT2D eigenvalue weighted by Crippen LogP contribution is 1.93. The maximum atomic E-state index is 5.53. The Morgan fingerprint density at radius 3 is 2.29 bits per heavy atom. The highest BCUT2D eigenvalue weighted by molar-refractivity contribution is 4.75. The Kier molecular flexibility index (Phi) is 4.10. The molecule has 0 aromatic rings. The fourth-order valence-corrected chi connectivity index (χ4v) is 0.469. The van der Waals surface area contributed by atoms with Crippen molar-refractivity contribution in [2.75, 3.05) is 0 Å². The van der Waals surface area contributed by atoms with Gasteiger partial charge in [-0.3, -0.25) is 0 Å². The van der Waals surface area contributed by atoms with Gasteiger partial charge in [0.15, 0.2) is 0 Å². The van der Waals surface area contributed by atoms with Gasteiger partial charge in [-0.25, -0.2) is 0 Å². The Labute approximate surface area is 45.9 Å². The van der Waals surface area contributed by atoms with E-state index in [-0.39, 0.29) is 0 Å². The first kappa shape index (κ1) is 6.96. The molecule has 1 nitrogen and oxygen atoms in total. The van der Waals surface area contributed by atoms with E-state index in [1.165, 1.54) is 0 Å². The Balaban J connectivity index is 2.83. The van der Waals surface area contributed by atoms with E-state index in [0.29, 0.717) is 6.04 Å². The molecule has 1 radical (unpaired) electrons. The fourth-order valence-electron chi connectivity index (χ4n) is 0.469. The molecule has 0 aromatic heterocycles. The molecule has 0 fully saturated rings. The van der Waals surface area contributed by atoms with E-state index in [1.807, 2.05) is 0 Å². The monoisotopic (exact) mass is 100 g/mol. The van der Waals surface area contributed by atoms with Crippen molar-refractivity contribution in [3.8, 4) is 0 Å². The normalized spacial score (nSPS) is 14.1. The first-order valence-electron chi connectivity index (χ1n) is 2.90. The van der Waals surface area contributed by atoms with Crippen LogP contribution in [0.3, 0.4) is 0 Å². The van der Waals surface area contributed by atoms with E-state index in [2.05, 4.69) is 20.3 Å². The van der Waals surface area contributed by atoms with Crippen LogP contribution in [-0.4, -0.2) is 6.04 Å². The molecule has 1 atom stereocenters. The molecule has 0 heterocycles. The van der Waals surface area contributed by atoms with Crippen molar-refractivity contribution in [2.45, 2.75) is 32.7 Å². The van der Waals surface area contributed by atoms with E-state index in [1.54, 1.807) is 0 Å². The van der Waals surface area contributed by atoms with Gasteiger partial charge in [-0.05, 0) is 12.8 Å². The van der Waals surface area contributed by atoms with Crippen LogP contribution in [0.1, 0.15) is 26.7 Å². The van der Waals surface area contributed by atoms with Crippen LogP contribution in [0.4, 0.5) is 0 Å². The van der Waals surface area contributed by atoms with Crippen LogP contribution in [0.5, 0.6) is 0 Å². The summed E-state index contributed by atoms with van der Waals surface area (Å²) in [5, 5.41) is 0. The van der Waals surface area contributed by atoms with Gasteiger partial charge in [0, 0.05) is 6.04 Å². The molecule has 43 valence electrons. The Hall–Kier alpha value is -0.0400. The number of nitrogens with two attached hydrogens (primary N) is 1. The minimum atomic E-state index is 0.324. The molecule has 2 N–H and O–H groups in total. The van der Waals surface area contributed by atoms with Crippen LogP contribution < -0.4 is 5.73 Å². The van der Waals surface area contributed by atoms with Crippen molar-refractivity contribution in [1.82, 2.24) is 0 Å². The third-order valence-corrected chi connectivity index (χ3v) is 1.01. The lowest BCUT2D eigenvalue weighted by atomic mass is 10.1. The average molecular weight is 100 g/mol. The van der Waals surface area contributed by atoms with Crippen molar-refractivity contribution in [2.24, 2.45) is 5.73 Å². The fraction of sp³-hybridized carbons (Fsp3) is 0.833. The second-order valence-corrected chi connectivity index (χ2v) is 1.72. The number of rotatable bonds is 3. The third-order valence-electron chi connectivity index (χ3n) is 1.01. The smallest absolute Gasteiger partial charge is 0.00676 e. The molecular formula is C6H14N. The second-order valence-electron chi connectivity index (χ2n) is 1.72. The van der Waals surface area contributed by atoms with Gasteiger partial charge in [0.1, 0.15) is 0 Å². The van der Waals surface area contributed by atoms with E-state index in [4.69, 9.17) is 5.73 Å². The van der Waals surface area contributed by atoms with Gasteiger partial charge in [-0.2, -0.15) is 0 Å². The summed E-state index contributed by atoms with van der Waals surface area (Å²) < 4.78 is 0. The van der Waals surface area contributed by atoms with Crippen LogP contribution in [0.2, 0.25) is 0 Å². The molecule has 0 spiro atoms. The van der Waals surface area contributed by atoms with Crippen molar-refractivity contribution >= 4 is 0 Å². The van der Waals surface area contributed by atoms with Gasteiger partial charge >= 0.3 is 0 Å². The Morgan fingerprint density at radius 1 is 1.57 bits per heavy atom. The summed E-state index contributed by atoms with van der Waals surface area (Å²) in [5.74, 6) is 0. The zero-order valence-corrected chi connectivity index (χ0v) is 5.15. The summed E-state index contributed by atoms with van der Waals surface area (Å²) in [6, 6.07) is 0.324. The summed E-state index contributed by atoms with van der Waals surface area (Å²) in [6.07, 6.45) is 4.28. The van der Waals surface area contributed by atoms with E-state index >= 15 is 0 Å². The Morgan fingerprint density at radius 2 is 2.14 bits per heavy atom. The lowest BCUT2D eigenvalue weighted by molar-refractivity contribution is 0.706. The molecule has 0 saturated carbocycles. The largest absolute Gasteiger partial charge is 0.327 e. The third kappa shape index (κ3) is 3.80. The van der Waals surface area contributed by atoms with Crippen LogP contribution in [0.25, 0.3) is 0 Å². The van der Waals surface area contributed by atoms with Gasteiger partial charge < -0.3 is 5.73 Å². The van der Waals surface area contributed by atoms with E-state index in [9.17, 15) is 0 Å². The average Bonchev–Trinajstić information content (AvgIpc) is 1.68. The lowest BCUT2D eigenvalue weighted by Crippen LogP contribution is -2.18. The molecule has 0 bridgehead atoms. The number of hydrogen-bond acceptors (Lipinski definition) is 1.